The van der Waals surface area contributed by atoms with E-state index in [9.17, 15) is 9.59 Å². The summed E-state index contributed by atoms with van der Waals surface area (Å²) in [5.74, 6) is -0.415. The van der Waals surface area contributed by atoms with Crippen LogP contribution >= 0.6 is 0 Å². The highest BCUT2D eigenvalue weighted by Gasteiger charge is 2.28. The van der Waals surface area contributed by atoms with Crippen LogP contribution in [0.5, 0.6) is 0 Å². The Kier molecular flexibility index (Phi) is 6.54. The lowest BCUT2D eigenvalue weighted by Crippen LogP contribution is -2.39. The fourth-order valence-electron chi connectivity index (χ4n) is 1.22. The van der Waals surface area contributed by atoms with Gasteiger partial charge >= 0.3 is 5.97 Å². The Labute approximate surface area is 103 Å². The van der Waals surface area contributed by atoms with Gasteiger partial charge in [-0.25, -0.2) is 4.79 Å². The van der Waals surface area contributed by atoms with Gasteiger partial charge in [-0.1, -0.05) is 27.4 Å². The topological polar surface area (TPSA) is 55.4 Å². The highest BCUT2D eigenvalue weighted by molar-refractivity contribution is 5.87. The van der Waals surface area contributed by atoms with Crippen molar-refractivity contribution in [3.05, 3.63) is 12.2 Å². The molecule has 0 aliphatic carbocycles. The summed E-state index contributed by atoms with van der Waals surface area (Å²) in [5, 5.41) is 2.77. The second-order valence-corrected chi connectivity index (χ2v) is 4.44. The first-order valence-electron chi connectivity index (χ1n) is 5.98. The molecule has 1 amide bonds. The van der Waals surface area contributed by atoms with Crippen LogP contribution in [0.15, 0.2) is 12.2 Å². The van der Waals surface area contributed by atoms with E-state index in [1.165, 1.54) is 0 Å². The number of hydrogen-bond acceptors (Lipinski definition) is 3. The average molecular weight is 241 g/mol. The number of carbonyl (C=O) groups is 2. The number of carbonyl (C=O) groups excluding carboxylic acids is 2. The highest BCUT2D eigenvalue weighted by Crippen LogP contribution is 2.24. The van der Waals surface area contributed by atoms with E-state index in [2.05, 4.69) is 11.9 Å². The Morgan fingerprint density at radius 2 is 1.82 bits per heavy atom. The van der Waals surface area contributed by atoms with Gasteiger partial charge in [-0.2, -0.15) is 0 Å². The largest absolute Gasteiger partial charge is 0.460 e. The number of amides is 1. The molecule has 0 saturated heterocycles. The third kappa shape index (κ3) is 5.02. The number of hydrogen-bond donors (Lipinski definition) is 1. The number of ether oxygens (including phenoxy) is 1. The Bertz CT molecular complexity index is 293. The van der Waals surface area contributed by atoms with Crippen molar-refractivity contribution in [1.82, 2.24) is 5.32 Å². The summed E-state index contributed by atoms with van der Waals surface area (Å²) >= 11 is 0. The van der Waals surface area contributed by atoms with Gasteiger partial charge < -0.3 is 10.1 Å². The van der Waals surface area contributed by atoms with Crippen molar-refractivity contribution in [2.75, 3.05) is 13.2 Å². The van der Waals surface area contributed by atoms with E-state index in [1.54, 1.807) is 6.92 Å². The molecule has 1 N–H and O–H groups in total. The van der Waals surface area contributed by atoms with Crippen LogP contribution in [-0.2, 0) is 14.3 Å². The Balaban J connectivity index is 3.94. The van der Waals surface area contributed by atoms with Gasteiger partial charge in [0.1, 0.15) is 6.61 Å². The maximum atomic E-state index is 11.8. The minimum Gasteiger partial charge on any atom is -0.460 e. The molecule has 0 aromatic carbocycles. The van der Waals surface area contributed by atoms with E-state index in [4.69, 9.17) is 4.74 Å². The molecule has 98 valence electrons. The number of rotatable bonds is 7. The van der Waals surface area contributed by atoms with Crippen molar-refractivity contribution in [3.8, 4) is 0 Å². The molecule has 4 nitrogen and oxygen atoms in total. The zero-order chi connectivity index (χ0) is 13.5. The first kappa shape index (κ1) is 15.7. The zero-order valence-electron chi connectivity index (χ0n) is 11.3. The standard InChI is InChI=1S/C13H23NO3/c1-6-13(5,7-2)12(16)14-8-9-17-11(15)10(3)4/h3,6-9H2,1-2,4-5H3,(H,14,16). The van der Waals surface area contributed by atoms with E-state index in [0.29, 0.717) is 12.1 Å². The summed E-state index contributed by atoms with van der Waals surface area (Å²) in [6, 6.07) is 0. The van der Waals surface area contributed by atoms with Gasteiger partial charge in [0.25, 0.3) is 0 Å². The van der Waals surface area contributed by atoms with Crippen molar-refractivity contribution in [1.29, 1.82) is 0 Å². The molecule has 0 aromatic heterocycles. The lowest BCUT2D eigenvalue weighted by molar-refractivity contribution is -0.140. The second-order valence-electron chi connectivity index (χ2n) is 4.44. The van der Waals surface area contributed by atoms with Crippen molar-refractivity contribution >= 4 is 11.9 Å². The maximum Gasteiger partial charge on any atom is 0.333 e. The van der Waals surface area contributed by atoms with Crippen LogP contribution in [0.3, 0.4) is 0 Å². The first-order valence-corrected chi connectivity index (χ1v) is 5.98. The van der Waals surface area contributed by atoms with Gasteiger partial charge in [0.15, 0.2) is 0 Å². The normalized spacial score (nSPS) is 10.8. The molecule has 0 aromatic rings. The highest BCUT2D eigenvalue weighted by atomic mass is 16.5. The molecule has 0 rings (SSSR count). The SMILES string of the molecule is C=C(C)C(=O)OCCNC(=O)C(C)(CC)CC. The third-order valence-electron chi connectivity index (χ3n) is 3.08. The van der Waals surface area contributed by atoms with E-state index in [1.807, 2.05) is 20.8 Å². The van der Waals surface area contributed by atoms with Crippen LogP contribution in [0.4, 0.5) is 0 Å². The molecule has 0 fully saturated rings. The van der Waals surface area contributed by atoms with Gasteiger partial charge in [-0.3, -0.25) is 4.79 Å². The quantitative estimate of drug-likeness (QED) is 0.421. The maximum absolute atomic E-state index is 11.8. The number of nitrogens with one attached hydrogen (secondary N) is 1. The molecule has 0 bridgehead atoms. The van der Waals surface area contributed by atoms with Crippen molar-refractivity contribution < 1.29 is 14.3 Å². The van der Waals surface area contributed by atoms with Crippen LogP contribution in [-0.4, -0.2) is 25.0 Å². The van der Waals surface area contributed by atoms with E-state index >= 15 is 0 Å². The molecule has 0 saturated carbocycles. The first-order chi connectivity index (χ1) is 7.87. The summed E-state index contributed by atoms with van der Waals surface area (Å²) in [6.45, 7) is 11.5. The van der Waals surface area contributed by atoms with Crippen LogP contribution < -0.4 is 5.32 Å². The molecule has 4 heteroatoms. The fourth-order valence-corrected chi connectivity index (χ4v) is 1.22. The van der Waals surface area contributed by atoms with Crippen molar-refractivity contribution in [3.63, 3.8) is 0 Å². The predicted octanol–water partition coefficient (Wildman–Crippen LogP) is 2.05. The van der Waals surface area contributed by atoms with E-state index in [0.717, 1.165) is 12.8 Å². The summed E-state index contributed by atoms with van der Waals surface area (Å²) in [4.78, 5) is 22.9. The van der Waals surface area contributed by atoms with Crippen LogP contribution in [0.25, 0.3) is 0 Å². The van der Waals surface area contributed by atoms with Gasteiger partial charge in [-0.05, 0) is 19.8 Å². The molecule has 0 radical (unpaired) electrons. The predicted molar refractivity (Wildman–Crippen MR) is 67.5 cm³/mol. The van der Waals surface area contributed by atoms with E-state index < -0.39 is 5.97 Å². The average Bonchev–Trinajstić information content (AvgIpc) is 2.32. The minimum absolute atomic E-state index is 0.00822. The molecule has 17 heavy (non-hydrogen) atoms. The molecule has 0 aliphatic rings. The summed E-state index contributed by atoms with van der Waals surface area (Å²) in [7, 11) is 0. The van der Waals surface area contributed by atoms with Gasteiger partial charge in [0, 0.05) is 11.0 Å². The molecule has 0 aliphatic heterocycles. The minimum atomic E-state index is -0.423. The zero-order valence-corrected chi connectivity index (χ0v) is 11.3. The van der Waals surface area contributed by atoms with Gasteiger partial charge in [-0.15, -0.1) is 0 Å². The number of esters is 1. The molecule has 0 heterocycles. The van der Waals surface area contributed by atoms with Crippen LogP contribution in [0, 0.1) is 5.41 Å². The van der Waals surface area contributed by atoms with Crippen molar-refractivity contribution in [2.45, 2.75) is 40.5 Å². The van der Waals surface area contributed by atoms with Crippen LogP contribution in [0.1, 0.15) is 40.5 Å². The lowest BCUT2D eigenvalue weighted by Gasteiger charge is -2.25. The van der Waals surface area contributed by atoms with E-state index in [-0.39, 0.29) is 17.9 Å². The van der Waals surface area contributed by atoms with Crippen LogP contribution in [0.2, 0.25) is 0 Å². The van der Waals surface area contributed by atoms with Gasteiger partial charge in [0.05, 0.1) is 6.54 Å². The third-order valence-corrected chi connectivity index (χ3v) is 3.08. The Morgan fingerprint density at radius 1 is 1.29 bits per heavy atom. The summed E-state index contributed by atoms with van der Waals surface area (Å²) in [5.41, 5.74) is 0.0292. The smallest absolute Gasteiger partial charge is 0.333 e. The molecule has 0 atom stereocenters. The second kappa shape index (κ2) is 7.09. The van der Waals surface area contributed by atoms with Crippen molar-refractivity contribution in [2.24, 2.45) is 5.41 Å². The fraction of sp³-hybridized carbons (Fsp3) is 0.692. The monoisotopic (exact) mass is 241 g/mol. The molecular weight excluding hydrogens is 218 g/mol. The Morgan fingerprint density at radius 3 is 2.24 bits per heavy atom. The summed E-state index contributed by atoms with van der Waals surface area (Å²) < 4.78 is 4.88. The summed E-state index contributed by atoms with van der Waals surface area (Å²) in [6.07, 6.45) is 1.59. The molecule has 0 unspecified atom stereocenters. The molecule has 0 spiro atoms. The molecular formula is C13H23NO3. The Hall–Kier alpha value is -1.32. The van der Waals surface area contributed by atoms with Gasteiger partial charge in [0.2, 0.25) is 5.91 Å². The lowest BCUT2D eigenvalue weighted by atomic mass is 9.84.